The van der Waals surface area contributed by atoms with E-state index >= 15 is 0 Å². The third-order valence-corrected chi connectivity index (χ3v) is 3.96. The molecule has 1 heterocycles. The Morgan fingerprint density at radius 2 is 2.21 bits per heavy atom. The number of hydrogen-bond acceptors (Lipinski definition) is 5. The molecular weight excluding hydrogens is 270 g/mol. The Kier molecular flexibility index (Phi) is 5.25. The number of hydrogen-bond donors (Lipinski definition) is 1. The third-order valence-electron chi connectivity index (χ3n) is 2.50. The van der Waals surface area contributed by atoms with Gasteiger partial charge in [0.15, 0.2) is 0 Å². The number of pyridine rings is 1. The first-order valence-corrected chi connectivity index (χ1v) is 7.03. The van der Waals surface area contributed by atoms with Gasteiger partial charge in [-0.2, -0.15) is 12.7 Å². The predicted molar refractivity (Wildman–Crippen MR) is 70.8 cm³/mol. The minimum Gasteiger partial charge on any atom is -0.469 e. The first-order valence-electron chi connectivity index (χ1n) is 5.59. The van der Waals surface area contributed by atoms with E-state index in [9.17, 15) is 13.2 Å². The average molecular weight is 287 g/mol. The molecule has 1 aromatic rings. The number of anilines is 1. The van der Waals surface area contributed by atoms with Crippen molar-refractivity contribution in [2.45, 2.75) is 13.3 Å². The van der Waals surface area contributed by atoms with Crippen molar-refractivity contribution in [2.24, 2.45) is 0 Å². The molecule has 0 atom stereocenters. The molecule has 19 heavy (non-hydrogen) atoms. The van der Waals surface area contributed by atoms with E-state index in [2.05, 4.69) is 14.4 Å². The van der Waals surface area contributed by atoms with E-state index < -0.39 is 16.2 Å². The van der Waals surface area contributed by atoms with Crippen molar-refractivity contribution in [2.75, 3.05) is 25.4 Å². The molecule has 0 amide bonds. The summed E-state index contributed by atoms with van der Waals surface area (Å²) < 4.78 is 31.8. The van der Waals surface area contributed by atoms with Gasteiger partial charge in [0.1, 0.15) is 5.82 Å². The summed E-state index contributed by atoms with van der Waals surface area (Å²) in [4.78, 5) is 14.9. The van der Waals surface area contributed by atoms with Crippen molar-refractivity contribution >= 4 is 22.0 Å². The van der Waals surface area contributed by atoms with Crippen LogP contribution in [0.1, 0.15) is 12.0 Å². The Morgan fingerprint density at radius 3 is 2.79 bits per heavy atom. The minimum atomic E-state index is -3.73. The molecule has 0 aromatic carbocycles. The quantitative estimate of drug-likeness (QED) is 0.771. The van der Waals surface area contributed by atoms with Crippen molar-refractivity contribution in [3.63, 3.8) is 0 Å². The molecule has 0 aliphatic heterocycles. The van der Waals surface area contributed by atoms with Gasteiger partial charge in [0, 0.05) is 19.8 Å². The second-order valence-electron chi connectivity index (χ2n) is 3.92. The van der Waals surface area contributed by atoms with Crippen molar-refractivity contribution in [1.82, 2.24) is 9.29 Å². The van der Waals surface area contributed by atoms with Crippen LogP contribution in [0.2, 0.25) is 0 Å². The Balaban J connectivity index is 2.70. The van der Waals surface area contributed by atoms with Gasteiger partial charge in [-0.05, 0) is 18.6 Å². The molecule has 1 aromatic heterocycles. The zero-order valence-electron chi connectivity index (χ0n) is 11.1. The lowest BCUT2D eigenvalue weighted by Crippen LogP contribution is -2.34. The van der Waals surface area contributed by atoms with E-state index in [1.807, 2.05) is 0 Å². The fourth-order valence-corrected chi connectivity index (χ4v) is 2.21. The van der Waals surface area contributed by atoms with Gasteiger partial charge < -0.3 is 4.74 Å². The second kappa shape index (κ2) is 6.48. The van der Waals surface area contributed by atoms with Crippen LogP contribution < -0.4 is 4.72 Å². The van der Waals surface area contributed by atoms with Gasteiger partial charge in [0.25, 0.3) is 0 Å². The molecule has 1 rings (SSSR count). The average Bonchev–Trinajstić information content (AvgIpc) is 2.37. The molecular formula is C11H17N3O4S. The number of aryl methyl sites for hydroxylation is 1. The molecule has 0 unspecified atom stereocenters. The highest BCUT2D eigenvalue weighted by Crippen LogP contribution is 2.12. The highest BCUT2D eigenvalue weighted by atomic mass is 32.2. The van der Waals surface area contributed by atoms with Gasteiger partial charge in [-0.3, -0.25) is 9.52 Å². The number of rotatable bonds is 6. The lowest BCUT2D eigenvalue weighted by atomic mass is 10.3. The summed E-state index contributed by atoms with van der Waals surface area (Å²) in [5, 5.41) is 0. The van der Waals surface area contributed by atoms with Gasteiger partial charge in [0.05, 0.1) is 13.5 Å². The largest absolute Gasteiger partial charge is 0.469 e. The number of esters is 1. The van der Waals surface area contributed by atoms with Crippen LogP contribution in [0.3, 0.4) is 0 Å². The summed E-state index contributed by atoms with van der Waals surface area (Å²) in [6, 6.07) is 3.47. The van der Waals surface area contributed by atoms with Crippen molar-refractivity contribution in [1.29, 1.82) is 0 Å². The fraction of sp³-hybridized carbons (Fsp3) is 0.455. The van der Waals surface area contributed by atoms with Crippen LogP contribution in [-0.4, -0.2) is 44.4 Å². The Hall–Kier alpha value is -1.67. The number of nitrogens with one attached hydrogen (secondary N) is 1. The number of methoxy groups -OCH3 is 1. The highest BCUT2D eigenvalue weighted by Gasteiger charge is 2.19. The molecule has 1 N–H and O–H groups in total. The zero-order valence-corrected chi connectivity index (χ0v) is 11.9. The number of carbonyl (C=O) groups excluding carboxylic acids is 1. The molecule has 106 valence electrons. The van der Waals surface area contributed by atoms with Gasteiger partial charge in [0.2, 0.25) is 0 Å². The number of ether oxygens (including phenoxy) is 1. The van der Waals surface area contributed by atoms with Crippen LogP contribution in [0, 0.1) is 6.92 Å². The molecule has 0 fully saturated rings. The molecule has 0 saturated carbocycles. The molecule has 0 aliphatic rings. The maximum Gasteiger partial charge on any atom is 0.306 e. The smallest absolute Gasteiger partial charge is 0.306 e. The van der Waals surface area contributed by atoms with Crippen LogP contribution in [0.15, 0.2) is 18.3 Å². The van der Waals surface area contributed by atoms with Crippen molar-refractivity contribution < 1.29 is 17.9 Å². The van der Waals surface area contributed by atoms with Crippen LogP contribution >= 0.6 is 0 Å². The van der Waals surface area contributed by atoms with E-state index in [0.29, 0.717) is 5.56 Å². The summed E-state index contributed by atoms with van der Waals surface area (Å²) in [5.74, 6) is -0.191. The monoisotopic (exact) mass is 287 g/mol. The lowest BCUT2D eigenvalue weighted by molar-refractivity contribution is -0.140. The second-order valence-corrected chi connectivity index (χ2v) is 5.70. The number of nitrogens with zero attached hydrogens (tertiary/aromatic N) is 2. The van der Waals surface area contributed by atoms with Crippen LogP contribution in [-0.2, 0) is 19.7 Å². The zero-order chi connectivity index (χ0) is 14.5. The molecule has 0 aliphatic carbocycles. The van der Waals surface area contributed by atoms with E-state index in [1.165, 1.54) is 20.4 Å². The van der Waals surface area contributed by atoms with Gasteiger partial charge >= 0.3 is 16.2 Å². The van der Waals surface area contributed by atoms with Crippen LogP contribution in [0.4, 0.5) is 5.82 Å². The van der Waals surface area contributed by atoms with Gasteiger partial charge in [-0.15, -0.1) is 0 Å². The summed E-state index contributed by atoms with van der Waals surface area (Å²) in [7, 11) is -1.09. The first-order chi connectivity index (χ1) is 8.86. The molecule has 0 radical (unpaired) electrons. The molecule has 0 saturated heterocycles. The van der Waals surface area contributed by atoms with E-state index in [0.717, 1.165) is 4.31 Å². The Bertz CT molecular complexity index is 545. The van der Waals surface area contributed by atoms with E-state index in [1.54, 1.807) is 19.1 Å². The van der Waals surface area contributed by atoms with Gasteiger partial charge in [-0.25, -0.2) is 4.98 Å². The highest BCUT2D eigenvalue weighted by molar-refractivity contribution is 7.90. The van der Waals surface area contributed by atoms with E-state index in [-0.39, 0.29) is 18.8 Å². The minimum absolute atomic E-state index is 0.00485. The van der Waals surface area contributed by atoms with Crippen LogP contribution in [0.5, 0.6) is 0 Å². The van der Waals surface area contributed by atoms with E-state index in [4.69, 9.17) is 0 Å². The fourth-order valence-electron chi connectivity index (χ4n) is 1.26. The van der Waals surface area contributed by atoms with Crippen molar-refractivity contribution in [3.8, 4) is 0 Å². The Morgan fingerprint density at radius 1 is 1.53 bits per heavy atom. The number of aromatic nitrogens is 1. The number of carbonyl (C=O) groups is 1. The summed E-state index contributed by atoms with van der Waals surface area (Å²) in [6.07, 6.45) is 1.49. The molecule has 7 nitrogen and oxygen atoms in total. The van der Waals surface area contributed by atoms with Crippen LogP contribution in [0.25, 0.3) is 0 Å². The third kappa shape index (κ3) is 4.49. The summed E-state index contributed by atoms with van der Waals surface area (Å²) >= 11 is 0. The molecule has 0 bridgehead atoms. The normalized spacial score (nSPS) is 11.4. The van der Waals surface area contributed by atoms with Gasteiger partial charge in [-0.1, -0.05) is 6.07 Å². The molecule has 8 heteroatoms. The lowest BCUT2D eigenvalue weighted by Gasteiger charge is -2.17. The summed E-state index contributed by atoms with van der Waals surface area (Å²) in [6.45, 7) is 1.78. The van der Waals surface area contributed by atoms with Crippen molar-refractivity contribution in [3.05, 3.63) is 23.9 Å². The maximum absolute atomic E-state index is 12.0. The Labute approximate surface area is 112 Å². The SMILES string of the molecule is COC(=O)CCN(C)S(=O)(=O)Nc1ncccc1C. The topological polar surface area (TPSA) is 88.6 Å². The summed E-state index contributed by atoms with van der Waals surface area (Å²) in [5.41, 5.74) is 0.715. The standard InChI is InChI=1S/C11H17N3O4S/c1-9-5-4-7-12-11(9)13-19(16,17)14(2)8-6-10(15)18-3/h4-5,7H,6,8H2,1-3H3,(H,12,13). The maximum atomic E-state index is 12.0. The molecule has 0 spiro atoms. The first kappa shape index (κ1) is 15.4. The predicted octanol–water partition coefficient (Wildman–Crippen LogP) is 0.542.